The summed E-state index contributed by atoms with van der Waals surface area (Å²) in [6.07, 6.45) is 5.73. The topological polar surface area (TPSA) is 95.0 Å². The summed E-state index contributed by atoms with van der Waals surface area (Å²) in [6, 6.07) is 0.0142. The number of likely N-dealkylation sites (tertiary alicyclic amines) is 1. The van der Waals surface area contributed by atoms with Crippen LogP contribution in [0.4, 0.5) is 0 Å². The van der Waals surface area contributed by atoms with Crippen LogP contribution in [0.3, 0.4) is 0 Å². The number of aliphatic carboxylic acids is 1. The monoisotopic (exact) mass is 346 g/mol. The predicted molar refractivity (Wildman–Crippen MR) is 85.4 cm³/mol. The Morgan fingerprint density at radius 2 is 1.74 bits per heavy atom. The number of sulfonamides is 1. The number of carboxylic acids is 1. The summed E-state index contributed by atoms with van der Waals surface area (Å²) in [7, 11) is -3.19. The van der Waals surface area contributed by atoms with Crippen LogP contribution in [-0.4, -0.2) is 66.5 Å². The average molecular weight is 346 g/mol. The van der Waals surface area contributed by atoms with Gasteiger partial charge in [0.2, 0.25) is 15.9 Å². The zero-order chi connectivity index (χ0) is 17.0. The van der Waals surface area contributed by atoms with E-state index in [0.29, 0.717) is 38.9 Å². The van der Waals surface area contributed by atoms with Crippen LogP contribution in [-0.2, 0) is 19.6 Å². The molecule has 1 atom stereocenters. The maximum atomic E-state index is 12.8. The van der Waals surface area contributed by atoms with E-state index in [2.05, 4.69) is 0 Å². The minimum Gasteiger partial charge on any atom is -0.481 e. The summed E-state index contributed by atoms with van der Waals surface area (Å²) in [5.74, 6) is -0.892. The van der Waals surface area contributed by atoms with Crippen molar-refractivity contribution in [3.8, 4) is 0 Å². The van der Waals surface area contributed by atoms with Crippen LogP contribution in [0.2, 0.25) is 0 Å². The van der Waals surface area contributed by atoms with Gasteiger partial charge in [0.1, 0.15) is 0 Å². The molecule has 2 aliphatic rings. The number of nitrogens with zero attached hydrogens (tertiary/aromatic N) is 2. The first-order valence-electron chi connectivity index (χ1n) is 8.26. The molecule has 0 radical (unpaired) electrons. The molecule has 0 saturated carbocycles. The maximum absolute atomic E-state index is 12.8. The van der Waals surface area contributed by atoms with E-state index in [1.165, 1.54) is 10.6 Å². The van der Waals surface area contributed by atoms with E-state index in [1.54, 1.807) is 0 Å². The molecule has 2 aliphatic heterocycles. The minimum atomic E-state index is -3.19. The van der Waals surface area contributed by atoms with Crippen LogP contribution in [0, 0.1) is 5.92 Å². The van der Waals surface area contributed by atoms with Gasteiger partial charge in [0.15, 0.2) is 0 Å². The molecular formula is C15H26N2O5S. The SMILES string of the molecule is CS(=O)(=O)N1CCC(C(=O)N2CCCCC2CCC(=O)O)CC1. The Balaban J connectivity index is 1.94. The van der Waals surface area contributed by atoms with E-state index in [9.17, 15) is 18.0 Å². The molecule has 2 fully saturated rings. The summed E-state index contributed by atoms with van der Waals surface area (Å²) in [4.78, 5) is 25.4. The first-order valence-corrected chi connectivity index (χ1v) is 10.1. The van der Waals surface area contributed by atoms with E-state index in [1.807, 2.05) is 4.90 Å². The Hall–Kier alpha value is -1.15. The van der Waals surface area contributed by atoms with Gasteiger partial charge < -0.3 is 10.0 Å². The number of amides is 1. The fraction of sp³-hybridized carbons (Fsp3) is 0.867. The summed E-state index contributed by atoms with van der Waals surface area (Å²) in [5.41, 5.74) is 0. The molecule has 132 valence electrons. The standard InChI is InChI=1S/C15H26N2O5S/c1-23(21,22)16-10-7-12(8-11-16)15(20)17-9-3-2-4-13(17)5-6-14(18)19/h12-13H,2-11H2,1H3,(H,18,19). The van der Waals surface area contributed by atoms with E-state index < -0.39 is 16.0 Å². The summed E-state index contributed by atoms with van der Waals surface area (Å²) >= 11 is 0. The molecule has 0 bridgehead atoms. The summed E-state index contributed by atoms with van der Waals surface area (Å²) in [5, 5.41) is 8.86. The lowest BCUT2D eigenvalue weighted by molar-refractivity contribution is -0.143. The molecule has 0 aromatic heterocycles. The number of rotatable bonds is 5. The van der Waals surface area contributed by atoms with Gasteiger partial charge >= 0.3 is 5.97 Å². The number of carbonyl (C=O) groups excluding carboxylic acids is 1. The van der Waals surface area contributed by atoms with E-state index in [4.69, 9.17) is 5.11 Å². The predicted octanol–water partition coefficient (Wildman–Crippen LogP) is 0.904. The summed E-state index contributed by atoms with van der Waals surface area (Å²) < 4.78 is 24.5. The third-order valence-corrected chi connectivity index (χ3v) is 6.18. The van der Waals surface area contributed by atoms with Gasteiger partial charge in [-0.25, -0.2) is 12.7 Å². The first kappa shape index (κ1) is 18.2. The number of hydrogen-bond donors (Lipinski definition) is 1. The van der Waals surface area contributed by atoms with Crippen molar-refractivity contribution in [2.75, 3.05) is 25.9 Å². The Kier molecular flexibility index (Phi) is 6.02. The van der Waals surface area contributed by atoms with Crippen LogP contribution in [0.1, 0.15) is 44.9 Å². The van der Waals surface area contributed by atoms with Crippen LogP contribution in [0.25, 0.3) is 0 Å². The highest BCUT2D eigenvalue weighted by molar-refractivity contribution is 7.88. The van der Waals surface area contributed by atoms with Gasteiger partial charge in [-0.3, -0.25) is 9.59 Å². The molecule has 2 saturated heterocycles. The Morgan fingerprint density at radius 1 is 1.09 bits per heavy atom. The second-order valence-corrected chi connectivity index (χ2v) is 8.53. The lowest BCUT2D eigenvalue weighted by atomic mass is 9.92. The van der Waals surface area contributed by atoms with Gasteiger partial charge in [-0.15, -0.1) is 0 Å². The third kappa shape index (κ3) is 4.91. The highest BCUT2D eigenvalue weighted by Gasteiger charge is 2.34. The largest absolute Gasteiger partial charge is 0.481 e. The van der Waals surface area contributed by atoms with Crippen molar-refractivity contribution in [2.24, 2.45) is 5.92 Å². The fourth-order valence-electron chi connectivity index (χ4n) is 3.55. The minimum absolute atomic E-state index is 0.0142. The van der Waals surface area contributed by atoms with Crippen molar-refractivity contribution in [1.82, 2.24) is 9.21 Å². The highest BCUT2D eigenvalue weighted by Crippen LogP contribution is 2.27. The van der Waals surface area contributed by atoms with E-state index in [-0.39, 0.29) is 24.3 Å². The lowest BCUT2D eigenvalue weighted by Gasteiger charge is -2.39. The quantitative estimate of drug-likeness (QED) is 0.798. The van der Waals surface area contributed by atoms with Crippen molar-refractivity contribution in [2.45, 2.75) is 51.0 Å². The van der Waals surface area contributed by atoms with Crippen LogP contribution in [0.15, 0.2) is 0 Å². The molecule has 23 heavy (non-hydrogen) atoms. The van der Waals surface area contributed by atoms with Crippen molar-refractivity contribution in [3.63, 3.8) is 0 Å². The molecular weight excluding hydrogens is 320 g/mol. The number of carbonyl (C=O) groups is 2. The van der Waals surface area contributed by atoms with Gasteiger partial charge in [0, 0.05) is 38.0 Å². The lowest BCUT2D eigenvalue weighted by Crippen LogP contribution is -2.49. The van der Waals surface area contributed by atoms with Gasteiger partial charge in [0.05, 0.1) is 6.26 Å². The molecule has 2 heterocycles. The molecule has 0 spiro atoms. The molecule has 0 aromatic rings. The van der Waals surface area contributed by atoms with E-state index >= 15 is 0 Å². The molecule has 8 heteroatoms. The number of piperidine rings is 2. The highest BCUT2D eigenvalue weighted by atomic mass is 32.2. The average Bonchev–Trinajstić information content (AvgIpc) is 2.52. The number of carboxylic acid groups (broad SMARTS) is 1. The van der Waals surface area contributed by atoms with Gasteiger partial charge in [-0.05, 0) is 38.5 Å². The van der Waals surface area contributed by atoms with Crippen LogP contribution in [0.5, 0.6) is 0 Å². The molecule has 7 nitrogen and oxygen atoms in total. The van der Waals surface area contributed by atoms with E-state index in [0.717, 1.165) is 19.3 Å². The van der Waals surface area contributed by atoms with Crippen LogP contribution >= 0.6 is 0 Å². The fourth-order valence-corrected chi connectivity index (χ4v) is 4.42. The van der Waals surface area contributed by atoms with Gasteiger partial charge in [-0.1, -0.05) is 0 Å². The maximum Gasteiger partial charge on any atom is 0.303 e. The van der Waals surface area contributed by atoms with Crippen molar-refractivity contribution in [1.29, 1.82) is 0 Å². The Bertz CT molecular complexity index is 540. The molecule has 2 rings (SSSR count). The molecule has 1 N–H and O–H groups in total. The summed E-state index contributed by atoms with van der Waals surface area (Å²) in [6.45, 7) is 1.47. The normalized spacial score (nSPS) is 24.6. The third-order valence-electron chi connectivity index (χ3n) is 4.87. The van der Waals surface area contributed by atoms with Crippen molar-refractivity contribution >= 4 is 21.9 Å². The molecule has 1 amide bonds. The Labute approximate surface area is 137 Å². The van der Waals surface area contributed by atoms with Gasteiger partial charge in [-0.2, -0.15) is 0 Å². The molecule has 1 unspecified atom stereocenters. The number of hydrogen-bond acceptors (Lipinski definition) is 4. The Morgan fingerprint density at radius 3 is 2.30 bits per heavy atom. The second kappa shape index (κ2) is 7.61. The van der Waals surface area contributed by atoms with Gasteiger partial charge in [0.25, 0.3) is 0 Å². The zero-order valence-corrected chi connectivity index (χ0v) is 14.4. The van der Waals surface area contributed by atoms with Crippen molar-refractivity contribution in [3.05, 3.63) is 0 Å². The van der Waals surface area contributed by atoms with Crippen LogP contribution < -0.4 is 0 Å². The zero-order valence-electron chi connectivity index (χ0n) is 13.6. The van der Waals surface area contributed by atoms with Crippen molar-refractivity contribution < 1.29 is 23.1 Å². The molecule has 0 aliphatic carbocycles. The first-order chi connectivity index (χ1) is 10.8. The second-order valence-electron chi connectivity index (χ2n) is 6.55. The molecule has 0 aromatic carbocycles. The smallest absolute Gasteiger partial charge is 0.303 e.